The summed E-state index contributed by atoms with van der Waals surface area (Å²) >= 11 is 1.64. The minimum absolute atomic E-state index is 0.166. The summed E-state index contributed by atoms with van der Waals surface area (Å²) in [6.45, 7) is 7.22. The fourth-order valence-corrected chi connectivity index (χ4v) is 3.56. The van der Waals surface area contributed by atoms with E-state index < -0.39 is 0 Å². The number of rotatable bonds is 4. The lowest BCUT2D eigenvalue weighted by Gasteiger charge is -2.22. The highest BCUT2D eigenvalue weighted by atomic mass is 32.1. The summed E-state index contributed by atoms with van der Waals surface area (Å²) in [6, 6.07) is 3.98. The molecular formula is C17H23N5OS. The summed E-state index contributed by atoms with van der Waals surface area (Å²) in [5.74, 6) is 1.06. The van der Waals surface area contributed by atoms with Crippen LogP contribution in [0.25, 0.3) is 0 Å². The van der Waals surface area contributed by atoms with Crippen molar-refractivity contribution in [1.82, 2.24) is 20.1 Å². The van der Waals surface area contributed by atoms with Crippen LogP contribution in [0, 0.1) is 6.92 Å². The van der Waals surface area contributed by atoms with Crippen LogP contribution >= 0.6 is 11.3 Å². The average molecular weight is 345 g/mol. The van der Waals surface area contributed by atoms with Crippen LogP contribution in [0.5, 0.6) is 0 Å². The quantitative estimate of drug-likeness (QED) is 0.849. The normalized spacial score (nSPS) is 15.4. The third-order valence-electron chi connectivity index (χ3n) is 4.19. The molecule has 1 aliphatic rings. The summed E-state index contributed by atoms with van der Waals surface area (Å²) in [6.07, 6.45) is 2.27. The van der Waals surface area contributed by atoms with E-state index in [4.69, 9.17) is 0 Å². The molecule has 0 atom stereocenters. The van der Waals surface area contributed by atoms with Crippen LogP contribution in [-0.4, -0.2) is 52.2 Å². The number of anilines is 1. The van der Waals surface area contributed by atoms with Gasteiger partial charge in [0.2, 0.25) is 5.91 Å². The molecule has 0 N–H and O–H groups in total. The second kappa shape index (κ2) is 7.70. The highest BCUT2D eigenvalue weighted by Crippen LogP contribution is 2.15. The van der Waals surface area contributed by atoms with Gasteiger partial charge in [0, 0.05) is 31.6 Å². The summed E-state index contributed by atoms with van der Waals surface area (Å²) in [7, 11) is 0. The fourth-order valence-electron chi connectivity index (χ4n) is 2.82. The van der Waals surface area contributed by atoms with E-state index in [1.807, 2.05) is 29.3 Å². The van der Waals surface area contributed by atoms with Gasteiger partial charge >= 0.3 is 0 Å². The first-order valence-electron chi connectivity index (χ1n) is 8.42. The molecule has 0 unspecified atom stereocenters. The van der Waals surface area contributed by atoms with Crippen molar-refractivity contribution in [2.75, 3.05) is 31.1 Å². The molecule has 0 bridgehead atoms. The predicted molar refractivity (Wildman–Crippen MR) is 95.4 cm³/mol. The zero-order chi connectivity index (χ0) is 16.9. The molecule has 3 heterocycles. The molecule has 0 radical (unpaired) electrons. The summed E-state index contributed by atoms with van der Waals surface area (Å²) < 4.78 is 0. The smallest absolute Gasteiger partial charge is 0.228 e. The maximum absolute atomic E-state index is 12.5. The van der Waals surface area contributed by atoms with Gasteiger partial charge in [0.1, 0.15) is 0 Å². The number of aromatic nitrogens is 3. The molecule has 0 saturated carbocycles. The Bertz CT molecular complexity index is 685. The maximum atomic E-state index is 12.5. The van der Waals surface area contributed by atoms with Crippen LogP contribution in [0.4, 0.5) is 5.82 Å². The van der Waals surface area contributed by atoms with E-state index in [0.29, 0.717) is 6.42 Å². The van der Waals surface area contributed by atoms with Crippen molar-refractivity contribution in [3.8, 4) is 0 Å². The lowest BCUT2D eigenvalue weighted by atomic mass is 10.3. The first-order valence-corrected chi connectivity index (χ1v) is 9.30. The van der Waals surface area contributed by atoms with E-state index in [9.17, 15) is 4.79 Å². The second-order valence-electron chi connectivity index (χ2n) is 6.02. The molecule has 0 spiro atoms. The van der Waals surface area contributed by atoms with Crippen molar-refractivity contribution in [2.24, 2.45) is 0 Å². The Hall–Kier alpha value is -2.02. The Morgan fingerprint density at radius 1 is 1.21 bits per heavy atom. The Morgan fingerprint density at radius 2 is 2.08 bits per heavy atom. The Morgan fingerprint density at radius 3 is 2.79 bits per heavy atom. The van der Waals surface area contributed by atoms with Gasteiger partial charge < -0.3 is 9.80 Å². The van der Waals surface area contributed by atoms with Crippen molar-refractivity contribution in [3.63, 3.8) is 0 Å². The zero-order valence-electron chi connectivity index (χ0n) is 14.2. The van der Waals surface area contributed by atoms with Crippen molar-refractivity contribution in [1.29, 1.82) is 0 Å². The first-order chi connectivity index (χ1) is 11.7. The lowest BCUT2D eigenvalue weighted by molar-refractivity contribution is -0.130. The summed E-state index contributed by atoms with van der Waals surface area (Å²) in [4.78, 5) is 21.2. The van der Waals surface area contributed by atoms with Crippen LogP contribution in [-0.2, 0) is 17.6 Å². The van der Waals surface area contributed by atoms with E-state index in [-0.39, 0.29) is 5.91 Å². The molecule has 1 saturated heterocycles. The van der Waals surface area contributed by atoms with E-state index in [1.54, 1.807) is 11.3 Å². The molecule has 2 aromatic heterocycles. The molecule has 0 aliphatic carbocycles. The molecule has 1 fully saturated rings. The number of hydrogen-bond donors (Lipinski definition) is 0. The van der Waals surface area contributed by atoms with E-state index in [2.05, 4.69) is 27.0 Å². The van der Waals surface area contributed by atoms with Gasteiger partial charge in [-0.25, -0.2) is 4.98 Å². The SMILES string of the molecule is CCc1nc(CC(=O)N2CCCN(c3ccc(C)nn3)CC2)cs1. The number of thiazole rings is 1. The number of nitrogens with zero attached hydrogens (tertiary/aromatic N) is 5. The van der Waals surface area contributed by atoms with Crippen molar-refractivity contribution < 1.29 is 4.79 Å². The van der Waals surface area contributed by atoms with Gasteiger partial charge in [0.25, 0.3) is 0 Å². The summed E-state index contributed by atoms with van der Waals surface area (Å²) in [5, 5.41) is 11.5. The zero-order valence-corrected chi connectivity index (χ0v) is 15.1. The molecule has 0 aromatic carbocycles. The lowest BCUT2D eigenvalue weighted by Crippen LogP contribution is -2.36. The van der Waals surface area contributed by atoms with Crippen LogP contribution in [0.2, 0.25) is 0 Å². The molecule has 2 aromatic rings. The van der Waals surface area contributed by atoms with E-state index >= 15 is 0 Å². The molecule has 6 nitrogen and oxygen atoms in total. The molecule has 24 heavy (non-hydrogen) atoms. The number of carbonyl (C=O) groups excluding carboxylic acids is 1. The van der Waals surface area contributed by atoms with Gasteiger partial charge in [-0.1, -0.05) is 6.92 Å². The highest BCUT2D eigenvalue weighted by Gasteiger charge is 2.20. The van der Waals surface area contributed by atoms with Crippen LogP contribution in [0.1, 0.15) is 29.7 Å². The second-order valence-corrected chi connectivity index (χ2v) is 6.96. The third kappa shape index (κ3) is 4.08. The van der Waals surface area contributed by atoms with E-state index in [1.165, 1.54) is 0 Å². The van der Waals surface area contributed by atoms with Crippen LogP contribution in [0.3, 0.4) is 0 Å². The number of carbonyl (C=O) groups is 1. The Labute approximate surface area is 146 Å². The fraction of sp³-hybridized carbons (Fsp3) is 0.529. The summed E-state index contributed by atoms with van der Waals surface area (Å²) in [5.41, 5.74) is 1.81. The minimum atomic E-state index is 0.166. The van der Waals surface area contributed by atoms with Crippen LogP contribution in [0.15, 0.2) is 17.5 Å². The third-order valence-corrected chi connectivity index (χ3v) is 5.23. The van der Waals surface area contributed by atoms with Gasteiger partial charge in [-0.05, 0) is 31.9 Å². The van der Waals surface area contributed by atoms with Crippen molar-refractivity contribution >= 4 is 23.1 Å². The van der Waals surface area contributed by atoms with Gasteiger partial charge in [0.05, 0.1) is 22.8 Å². The average Bonchev–Trinajstić information content (AvgIpc) is 2.89. The monoisotopic (exact) mass is 345 g/mol. The van der Waals surface area contributed by atoms with Crippen molar-refractivity contribution in [2.45, 2.75) is 33.1 Å². The van der Waals surface area contributed by atoms with Gasteiger partial charge in [-0.15, -0.1) is 16.4 Å². The minimum Gasteiger partial charge on any atom is -0.353 e. The standard InChI is InChI=1S/C17H23N5OS/c1-3-16-18-14(12-24-16)11-17(23)22-8-4-7-21(9-10-22)15-6-5-13(2)19-20-15/h5-6,12H,3-4,7-11H2,1-2H3. The van der Waals surface area contributed by atoms with Gasteiger partial charge in [-0.2, -0.15) is 5.10 Å². The van der Waals surface area contributed by atoms with Gasteiger partial charge in [0.15, 0.2) is 5.82 Å². The topological polar surface area (TPSA) is 62.2 Å². The van der Waals surface area contributed by atoms with E-state index in [0.717, 1.165) is 61.2 Å². The molecule has 3 rings (SSSR count). The number of hydrogen-bond acceptors (Lipinski definition) is 6. The number of amides is 1. The highest BCUT2D eigenvalue weighted by molar-refractivity contribution is 7.09. The predicted octanol–water partition coefficient (Wildman–Crippen LogP) is 2.09. The molecule has 1 aliphatic heterocycles. The molecular weight excluding hydrogens is 322 g/mol. The Balaban J connectivity index is 1.58. The maximum Gasteiger partial charge on any atom is 0.228 e. The molecule has 128 valence electrons. The molecule has 1 amide bonds. The Kier molecular flexibility index (Phi) is 5.40. The number of aryl methyl sites for hydroxylation is 2. The largest absolute Gasteiger partial charge is 0.353 e. The van der Waals surface area contributed by atoms with Crippen molar-refractivity contribution in [3.05, 3.63) is 33.9 Å². The first kappa shape index (κ1) is 16.8. The molecule has 7 heteroatoms. The van der Waals surface area contributed by atoms with Gasteiger partial charge in [-0.3, -0.25) is 4.79 Å². The van der Waals surface area contributed by atoms with Crippen LogP contribution < -0.4 is 4.90 Å².